The summed E-state index contributed by atoms with van der Waals surface area (Å²) in [5, 5.41) is 21.6. The summed E-state index contributed by atoms with van der Waals surface area (Å²) in [4.78, 5) is 0. The van der Waals surface area contributed by atoms with Crippen molar-refractivity contribution < 1.29 is 19.7 Å². The summed E-state index contributed by atoms with van der Waals surface area (Å²) < 4.78 is 10.2. The third-order valence-corrected chi connectivity index (χ3v) is 2.85. The lowest BCUT2D eigenvalue weighted by Crippen LogP contribution is -2.30. The van der Waals surface area contributed by atoms with Crippen molar-refractivity contribution in [3.05, 3.63) is 0 Å². The molecule has 5 nitrogen and oxygen atoms in total. The molecule has 2 rings (SSSR count). The molecule has 4 atom stereocenters. The molecule has 0 aromatic carbocycles. The summed E-state index contributed by atoms with van der Waals surface area (Å²) in [6.07, 6.45) is 0.800. The summed E-state index contributed by atoms with van der Waals surface area (Å²) in [5.74, 6) is 0. The third-order valence-electron chi connectivity index (χ3n) is 2.85. The fourth-order valence-electron chi connectivity index (χ4n) is 1.94. The number of ether oxygens (including phenoxy) is 2. The quantitative estimate of drug-likeness (QED) is 0.605. The second kappa shape index (κ2) is 8.00. The lowest BCUT2D eigenvalue weighted by molar-refractivity contribution is 0.00205. The van der Waals surface area contributed by atoms with E-state index in [0.717, 1.165) is 0 Å². The van der Waals surface area contributed by atoms with E-state index in [1.165, 1.54) is 25.9 Å². The van der Waals surface area contributed by atoms with E-state index in [4.69, 9.17) is 19.7 Å². The minimum Gasteiger partial charge on any atom is -0.388 e. The van der Waals surface area contributed by atoms with Crippen molar-refractivity contribution in [1.82, 2.24) is 5.32 Å². The van der Waals surface area contributed by atoms with E-state index in [-0.39, 0.29) is 25.4 Å². The average molecular weight is 247 g/mol. The van der Waals surface area contributed by atoms with Gasteiger partial charge in [0.25, 0.3) is 0 Å². The van der Waals surface area contributed by atoms with Crippen molar-refractivity contribution in [2.75, 3.05) is 26.3 Å². The van der Waals surface area contributed by atoms with Crippen LogP contribution >= 0.6 is 0 Å². The number of aliphatic hydroxyl groups excluding tert-OH is 2. The molecule has 0 spiro atoms. The van der Waals surface area contributed by atoms with E-state index in [9.17, 15) is 0 Å². The Balaban J connectivity index is 0.000000185. The molecule has 0 amide bonds. The van der Waals surface area contributed by atoms with Crippen LogP contribution in [0.5, 0.6) is 0 Å². The zero-order chi connectivity index (χ0) is 12.7. The van der Waals surface area contributed by atoms with Gasteiger partial charge in [0.05, 0.1) is 13.2 Å². The number of nitrogens with one attached hydrogen (secondary N) is 1. The summed E-state index contributed by atoms with van der Waals surface area (Å²) in [5.41, 5.74) is 0. The molecule has 102 valence electrons. The summed E-state index contributed by atoms with van der Waals surface area (Å²) >= 11 is 0. The Morgan fingerprint density at radius 2 is 1.35 bits per heavy atom. The highest BCUT2D eigenvalue weighted by Gasteiger charge is 2.46. The maximum atomic E-state index is 9.16. The number of hydrogen-bond donors (Lipinski definition) is 3. The van der Waals surface area contributed by atoms with Gasteiger partial charge in [0.15, 0.2) is 0 Å². The minimum absolute atomic E-state index is 0.284. The van der Waals surface area contributed by atoms with E-state index >= 15 is 0 Å². The lowest BCUT2D eigenvalue weighted by atomic mass is 10.1. The molecule has 2 aliphatic heterocycles. The van der Waals surface area contributed by atoms with Crippen LogP contribution in [0.3, 0.4) is 0 Å². The number of aliphatic hydroxyl groups is 2. The first-order valence-electron chi connectivity index (χ1n) is 6.50. The molecule has 0 bridgehead atoms. The van der Waals surface area contributed by atoms with Crippen LogP contribution in [0.1, 0.15) is 26.7 Å². The highest BCUT2D eigenvalue weighted by atomic mass is 16.6. The molecule has 0 aromatic heterocycles. The predicted molar refractivity (Wildman–Crippen MR) is 64.9 cm³/mol. The maximum Gasteiger partial charge on any atom is 0.114 e. The first kappa shape index (κ1) is 14.9. The van der Waals surface area contributed by atoms with E-state index in [1.54, 1.807) is 0 Å². The molecular weight excluding hydrogens is 222 g/mol. The Bertz CT molecular complexity index is 183. The molecule has 2 heterocycles. The Hall–Kier alpha value is -0.200. The molecule has 5 heteroatoms. The molecule has 0 radical (unpaired) electrons. The lowest BCUT2D eigenvalue weighted by Gasteiger charge is -2.09. The summed E-state index contributed by atoms with van der Waals surface area (Å²) in [6, 6.07) is 0. The second-order valence-electron chi connectivity index (χ2n) is 4.48. The molecule has 0 aromatic rings. The van der Waals surface area contributed by atoms with Gasteiger partial charge in [-0.25, -0.2) is 0 Å². The Labute approximate surface area is 103 Å². The number of hydrogen-bond acceptors (Lipinski definition) is 5. The van der Waals surface area contributed by atoms with Gasteiger partial charge >= 0.3 is 0 Å². The maximum absolute atomic E-state index is 9.16. The molecule has 0 aliphatic carbocycles. The van der Waals surface area contributed by atoms with E-state index in [2.05, 4.69) is 19.2 Å². The van der Waals surface area contributed by atoms with Crippen molar-refractivity contribution in [1.29, 1.82) is 0 Å². The molecule has 17 heavy (non-hydrogen) atoms. The van der Waals surface area contributed by atoms with Crippen molar-refractivity contribution in [3.63, 3.8) is 0 Å². The van der Waals surface area contributed by atoms with Gasteiger partial charge in [-0.15, -0.1) is 0 Å². The Morgan fingerprint density at radius 1 is 0.941 bits per heavy atom. The van der Waals surface area contributed by atoms with E-state index in [0.29, 0.717) is 0 Å². The summed E-state index contributed by atoms with van der Waals surface area (Å²) in [6.45, 7) is 7.28. The average Bonchev–Trinajstić information content (AvgIpc) is 2.86. The van der Waals surface area contributed by atoms with Gasteiger partial charge in [-0.2, -0.15) is 0 Å². The van der Waals surface area contributed by atoms with Crippen LogP contribution in [0.4, 0.5) is 0 Å². The van der Waals surface area contributed by atoms with Crippen LogP contribution in [0.2, 0.25) is 0 Å². The molecular formula is C12H25NO4. The smallest absolute Gasteiger partial charge is 0.114 e. The molecule has 2 fully saturated rings. The van der Waals surface area contributed by atoms with Gasteiger partial charge in [0.1, 0.15) is 24.4 Å². The monoisotopic (exact) mass is 247 g/mol. The van der Waals surface area contributed by atoms with Gasteiger partial charge in [-0.3, -0.25) is 0 Å². The zero-order valence-electron chi connectivity index (χ0n) is 10.8. The van der Waals surface area contributed by atoms with Gasteiger partial charge in [-0.05, 0) is 25.9 Å². The fourth-order valence-corrected chi connectivity index (χ4v) is 1.94. The van der Waals surface area contributed by atoms with E-state index in [1.807, 2.05) is 0 Å². The Morgan fingerprint density at radius 3 is 1.71 bits per heavy atom. The van der Waals surface area contributed by atoms with Crippen LogP contribution < -0.4 is 5.32 Å². The SMILES string of the molecule is CCCNCCC.O[C@@H]1CO[C@H]2[C@@H]1OC[C@@H]2O. The van der Waals surface area contributed by atoms with Crippen LogP contribution in [0, 0.1) is 0 Å². The number of rotatable bonds is 4. The molecule has 3 N–H and O–H groups in total. The molecule has 0 saturated carbocycles. The van der Waals surface area contributed by atoms with Crippen molar-refractivity contribution in [3.8, 4) is 0 Å². The first-order chi connectivity index (χ1) is 8.20. The largest absolute Gasteiger partial charge is 0.388 e. The van der Waals surface area contributed by atoms with Crippen LogP contribution in [0.15, 0.2) is 0 Å². The van der Waals surface area contributed by atoms with Crippen LogP contribution in [-0.4, -0.2) is 60.9 Å². The van der Waals surface area contributed by atoms with E-state index < -0.39 is 12.2 Å². The highest BCUT2D eigenvalue weighted by molar-refractivity contribution is 4.93. The van der Waals surface area contributed by atoms with Crippen LogP contribution in [0.25, 0.3) is 0 Å². The van der Waals surface area contributed by atoms with Gasteiger partial charge < -0.3 is 25.0 Å². The minimum atomic E-state index is -0.554. The van der Waals surface area contributed by atoms with Crippen molar-refractivity contribution >= 4 is 0 Å². The van der Waals surface area contributed by atoms with Crippen molar-refractivity contribution in [2.24, 2.45) is 0 Å². The normalized spacial score (nSPS) is 35.3. The molecule has 0 unspecified atom stereocenters. The Kier molecular flexibility index (Phi) is 6.99. The van der Waals surface area contributed by atoms with Gasteiger partial charge in [0, 0.05) is 0 Å². The zero-order valence-corrected chi connectivity index (χ0v) is 10.8. The number of fused-ring (bicyclic) bond motifs is 1. The van der Waals surface area contributed by atoms with Crippen LogP contribution in [-0.2, 0) is 9.47 Å². The highest BCUT2D eigenvalue weighted by Crippen LogP contribution is 2.26. The fraction of sp³-hybridized carbons (Fsp3) is 1.00. The van der Waals surface area contributed by atoms with Gasteiger partial charge in [-0.1, -0.05) is 13.8 Å². The predicted octanol–water partition coefficient (Wildman–Crippen LogP) is -0.0982. The van der Waals surface area contributed by atoms with Gasteiger partial charge in [0.2, 0.25) is 0 Å². The first-order valence-corrected chi connectivity index (χ1v) is 6.50. The molecule has 2 saturated heterocycles. The second-order valence-corrected chi connectivity index (χ2v) is 4.48. The molecule has 2 aliphatic rings. The standard InChI is InChI=1S/C6H15N.C6H10O4/c1-3-5-7-6-4-2;7-3-1-9-6-4(8)2-10-5(3)6/h7H,3-6H2,1-2H3;3-8H,1-2H2/t;3-,4+,5-,6-/m.1/s1. The van der Waals surface area contributed by atoms with Crippen molar-refractivity contribution in [2.45, 2.75) is 51.1 Å². The summed E-state index contributed by atoms with van der Waals surface area (Å²) in [7, 11) is 0. The third kappa shape index (κ3) is 4.52. The topological polar surface area (TPSA) is 71.0 Å².